The van der Waals surface area contributed by atoms with Gasteiger partial charge in [-0.2, -0.15) is 0 Å². The Morgan fingerprint density at radius 1 is 0.889 bits per heavy atom. The molecule has 198 valence electrons. The van der Waals surface area contributed by atoms with Crippen molar-refractivity contribution < 1.29 is 0 Å². The van der Waals surface area contributed by atoms with Crippen molar-refractivity contribution in [2.75, 3.05) is 6.54 Å². The van der Waals surface area contributed by atoms with Crippen LogP contribution in [-0.4, -0.2) is 11.4 Å². The second kappa shape index (κ2) is 9.81. The molecular formula is C35H53N. The molecule has 0 bridgehead atoms. The molecule has 9 atom stereocenters. The Balaban J connectivity index is 1.17. The molecule has 0 N–H and O–H groups in total. The van der Waals surface area contributed by atoms with Crippen molar-refractivity contribution in [1.29, 1.82) is 0 Å². The molecule has 0 unspecified atom stereocenters. The number of hydrogen-bond acceptors (Lipinski definition) is 1. The zero-order chi connectivity index (χ0) is 24.9. The molecule has 1 aromatic rings. The Kier molecular flexibility index (Phi) is 6.83. The molecule has 0 spiro atoms. The summed E-state index contributed by atoms with van der Waals surface area (Å²) >= 11 is 0. The molecule has 0 aromatic heterocycles. The van der Waals surface area contributed by atoms with Gasteiger partial charge in [0, 0.05) is 12.2 Å². The largest absolute Gasteiger partial charge is 0.368 e. The van der Waals surface area contributed by atoms with E-state index in [9.17, 15) is 0 Å². The second-order valence-electron chi connectivity index (χ2n) is 14.6. The van der Waals surface area contributed by atoms with Crippen LogP contribution in [0.4, 0.5) is 0 Å². The molecule has 5 aliphatic rings. The first-order valence-corrected chi connectivity index (χ1v) is 15.9. The summed E-state index contributed by atoms with van der Waals surface area (Å²) in [5.41, 5.74) is 4.12. The van der Waals surface area contributed by atoms with Crippen molar-refractivity contribution in [3.8, 4) is 0 Å². The lowest BCUT2D eigenvalue weighted by Crippen LogP contribution is -2.50. The SMILES string of the molecule is C=C1CCC[C@@H](c2ccccc2)N1C[C@H]1CC[C@H]2[C@@H]3CC[C@@H]4C[C@](C)(CCC)CC[C@@H]4[C@H]3CC[C@]12C. The van der Waals surface area contributed by atoms with Gasteiger partial charge in [-0.15, -0.1) is 0 Å². The van der Waals surface area contributed by atoms with Crippen LogP contribution in [-0.2, 0) is 0 Å². The van der Waals surface area contributed by atoms with E-state index in [4.69, 9.17) is 0 Å². The lowest BCUT2D eigenvalue weighted by Gasteiger charge is -2.58. The number of rotatable bonds is 5. The molecule has 4 saturated carbocycles. The van der Waals surface area contributed by atoms with Gasteiger partial charge in [0.2, 0.25) is 0 Å². The van der Waals surface area contributed by atoms with Gasteiger partial charge in [0.15, 0.2) is 0 Å². The smallest absolute Gasteiger partial charge is 0.0539 e. The van der Waals surface area contributed by atoms with Crippen molar-refractivity contribution >= 4 is 0 Å². The number of benzene rings is 1. The number of nitrogens with zero attached hydrogens (tertiary/aromatic N) is 1. The Bertz CT molecular complexity index is 920. The van der Waals surface area contributed by atoms with Crippen LogP contribution in [0.3, 0.4) is 0 Å². The van der Waals surface area contributed by atoms with E-state index in [1.165, 1.54) is 88.4 Å². The highest BCUT2D eigenvalue weighted by atomic mass is 15.2. The third kappa shape index (κ3) is 4.29. The summed E-state index contributed by atoms with van der Waals surface area (Å²) in [6.07, 6.45) is 20.3. The maximum absolute atomic E-state index is 4.60. The first kappa shape index (κ1) is 25.1. The maximum atomic E-state index is 4.60. The normalized spacial score (nSPS) is 44.6. The van der Waals surface area contributed by atoms with Crippen molar-refractivity contribution in [3.05, 3.63) is 48.2 Å². The number of fused-ring (bicyclic) bond motifs is 5. The molecule has 5 fully saturated rings. The van der Waals surface area contributed by atoms with Crippen molar-refractivity contribution in [2.45, 2.75) is 117 Å². The molecule has 0 amide bonds. The fraction of sp³-hybridized carbons (Fsp3) is 0.771. The predicted octanol–water partition coefficient (Wildman–Crippen LogP) is 9.80. The topological polar surface area (TPSA) is 3.24 Å². The highest BCUT2D eigenvalue weighted by Crippen LogP contribution is 2.65. The van der Waals surface area contributed by atoms with E-state index in [0.29, 0.717) is 16.9 Å². The number of likely N-dealkylation sites (tertiary alicyclic amines) is 1. The third-order valence-electron chi connectivity index (χ3n) is 12.7. The fourth-order valence-electron chi connectivity index (χ4n) is 11.0. The quantitative estimate of drug-likeness (QED) is 0.399. The van der Waals surface area contributed by atoms with Gasteiger partial charge in [0.25, 0.3) is 0 Å². The van der Waals surface area contributed by atoms with Crippen LogP contribution < -0.4 is 0 Å². The Hall–Kier alpha value is -1.24. The zero-order valence-corrected chi connectivity index (χ0v) is 23.7. The summed E-state index contributed by atoms with van der Waals surface area (Å²) in [6.45, 7) is 13.6. The summed E-state index contributed by atoms with van der Waals surface area (Å²) in [5.74, 6) is 6.01. The van der Waals surface area contributed by atoms with E-state index in [1.54, 1.807) is 19.3 Å². The van der Waals surface area contributed by atoms with E-state index >= 15 is 0 Å². The Morgan fingerprint density at radius 2 is 1.69 bits per heavy atom. The van der Waals surface area contributed by atoms with Crippen LogP contribution in [0.15, 0.2) is 42.6 Å². The molecular weight excluding hydrogens is 434 g/mol. The Labute approximate surface area is 222 Å². The first-order valence-electron chi connectivity index (χ1n) is 15.9. The summed E-state index contributed by atoms with van der Waals surface area (Å²) in [5, 5.41) is 0. The second-order valence-corrected chi connectivity index (χ2v) is 14.6. The van der Waals surface area contributed by atoms with Crippen molar-refractivity contribution in [2.24, 2.45) is 46.3 Å². The first-order chi connectivity index (χ1) is 17.4. The Morgan fingerprint density at radius 3 is 2.50 bits per heavy atom. The van der Waals surface area contributed by atoms with E-state index < -0.39 is 0 Å². The molecule has 1 nitrogen and oxygen atoms in total. The van der Waals surface area contributed by atoms with Crippen LogP contribution in [0.2, 0.25) is 0 Å². The minimum absolute atomic E-state index is 0.543. The van der Waals surface area contributed by atoms with E-state index in [-0.39, 0.29) is 0 Å². The molecule has 1 saturated heterocycles. The number of hydrogen-bond donors (Lipinski definition) is 0. The minimum atomic E-state index is 0.543. The van der Waals surface area contributed by atoms with Gasteiger partial charge >= 0.3 is 0 Å². The van der Waals surface area contributed by atoms with E-state index in [2.05, 4.69) is 62.6 Å². The van der Waals surface area contributed by atoms with Gasteiger partial charge in [-0.05, 0) is 135 Å². The van der Waals surface area contributed by atoms with Gasteiger partial charge in [0.05, 0.1) is 6.04 Å². The fourth-order valence-corrected chi connectivity index (χ4v) is 11.0. The molecule has 1 aromatic carbocycles. The van der Waals surface area contributed by atoms with Crippen LogP contribution >= 0.6 is 0 Å². The van der Waals surface area contributed by atoms with Crippen LogP contribution in [0.1, 0.15) is 122 Å². The number of piperidine rings is 1. The number of allylic oxidation sites excluding steroid dienone is 1. The average molecular weight is 488 g/mol. The van der Waals surface area contributed by atoms with Crippen molar-refractivity contribution in [3.63, 3.8) is 0 Å². The summed E-state index contributed by atoms with van der Waals surface area (Å²) in [4.78, 5) is 2.77. The van der Waals surface area contributed by atoms with Crippen LogP contribution in [0, 0.1) is 46.3 Å². The average Bonchev–Trinajstić information content (AvgIpc) is 3.21. The van der Waals surface area contributed by atoms with Crippen LogP contribution in [0.25, 0.3) is 0 Å². The summed E-state index contributed by atoms with van der Waals surface area (Å²) in [6, 6.07) is 11.9. The lowest BCUT2D eigenvalue weighted by molar-refractivity contribution is -0.0815. The predicted molar refractivity (Wildman–Crippen MR) is 152 cm³/mol. The highest BCUT2D eigenvalue weighted by molar-refractivity contribution is 5.22. The van der Waals surface area contributed by atoms with E-state index in [0.717, 1.165) is 35.5 Å². The molecule has 1 heteroatoms. The zero-order valence-electron chi connectivity index (χ0n) is 23.7. The molecule has 4 aliphatic carbocycles. The minimum Gasteiger partial charge on any atom is -0.368 e. The van der Waals surface area contributed by atoms with Gasteiger partial charge in [-0.25, -0.2) is 0 Å². The third-order valence-corrected chi connectivity index (χ3v) is 12.7. The van der Waals surface area contributed by atoms with Gasteiger partial charge in [-0.3, -0.25) is 0 Å². The van der Waals surface area contributed by atoms with Gasteiger partial charge in [-0.1, -0.05) is 64.1 Å². The van der Waals surface area contributed by atoms with Crippen LogP contribution in [0.5, 0.6) is 0 Å². The molecule has 36 heavy (non-hydrogen) atoms. The molecule has 1 aliphatic heterocycles. The highest BCUT2D eigenvalue weighted by Gasteiger charge is 2.57. The molecule has 1 heterocycles. The summed E-state index contributed by atoms with van der Waals surface area (Å²) < 4.78 is 0. The van der Waals surface area contributed by atoms with E-state index in [1.807, 2.05) is 0 Å². The molecule has 6 rings (SSSR count). The monoisotopic (exact) mass is 487 g/mol. The summed E-state index contributed by atoms with van der Waals surface area (Å²) in [7, 11) is 0. The molecule has 0 radical (unpaired) electrons. The van der Waals surface area contributed by atoms with Gasteiger partial charge < -0.3 is 4.90 Å². The maximum Gasteiger partial charge on any atom is 0.0539 e. The standard InChI is InChI=1S/C35H53N/c1-5-20-34(3)21-18-29-27(23-34)14-16-31-30(29)19-22-35(4)28(15-17-32(31)35)24-36-25(2)10-9-13-33(36)26-11-7-6-8-12-26/h6-8,11-12,27-33H,2,5,9-10,13-24H2,1,3-4H3/t27-,28-,29+,30-,31-,32+,33+,34-,35-/m1/s1. The van der Waals surface area contributed by atoms with Gasteiger partial charge in [0.1, 0.15) is 0 Å². The lowest BCUT2D eigenvalue weighted by atomic mass is 9.48. The van der Waals surface area contributed by atoms with Crippen molar-refractivity contribution in [1.82, 2.24) is 4.90 Å².